The number of anilines is 1. The normalized spacial score (nSPS) is 22.1. The molecule has 5 atom stereocenters. The van der Waals surface area contributed by atoms with Crippen molar-refractivity contribution in [3.63, 3.8) is 0 Å². The van der Waals surface area contributed by atoms with Crippen LogP contribution in [0.2, 0.25) is 0 Å². The van der Waals surface area contributed by atoms with Crippen molar-refractivity contribution in [1.82, 2.24) is 30.2 Å². The molecule has 0 unspecified atom stereocenters. The minimum Gasteiger partial charge on any atom is -0.497 e. The Hall–Kier alpha value is -4.97. The van der Waals surface area contributed by atoms with Crippen molar-refractivity contribution in [1.29, 1.82) is 0 Å². The van der Waals surface area contributed by atoms with Crippen LogP contribution in [0.5, 0.6) is 11.6 Å². The first-order valence-electron chi connectivity index (χ1n) is 20.3. The molecule has 1 aliphatic heterocycles. The standard InChI is InChI=1S/C42H57N7O9S2/c1-11-25-21-42(25,37(52)47-60(54,55)28-15-16-28)46-34(50)32-20-27(22-49(32)36(51)33(40(4,5)6)45-39(53)58-41(7,8)9)57-35-29-17-14-26(56-10)18-24(29)19-30(43-35)31-23-59-38(44-31)48(12-2)13-3/h11,14,17-19,23,25,27-28,32-33H,1,12-13,15-16,20-22H2,2-10H3,(H,45,53)(H,46,50)(H,47,52)/t25-,27-,32+,33-,42-/m1/s1. The van der Waals surface area contributed by atoms with Gasteiger partial charge in [0.2, 0.25) is 27.7 Å². The molecule has 1 saturated heterocycles. The van der Waals surface area contributed by atoms with Gasteiger partial charge in [0.15, 0.2) is 5.13 Å². The maximum absolute atomic E-state index is 14.7. The summed E-state index contributed by atoms with van der Waals surface area (Å²) in [6.07, 6.45) is 0.887. The predicted octanol–water partition coefficient (Wildman–Crippen LogP) is 5.17. The van der Waals surface area contributed by atoms with Crippen LogP contribution in [0.25, 0.3) is 22.2 Å². The molecule has 60 heavy (non-hydrogen) atoms. The molecule has 3 N–H and O–H groups in total. The first-order valence-corrected chi connectivity index (χ1v) is 22.7. The molecule has 1 aromatic carbocycles. The number of sulfonamides is 1. The van der Waals surface area contributed by atoms with Gasteiger partial charge < -0.3 is 34.6 Å². The summed E-state index contributed by atoms with van der Waals surface area (Å²) in [5, 5.41) is 9.09. The van der Waals surface area contributed by atoms with Crippen LogP contribution in [0.4, 0.5) is 9.93 Å². The van der Waals surface area contributed by atoms with Gasteiger partial charge in [-0.1, -0.05) is 26.8 Å². The number of hydrogen-bond acceptors (Lipinski definition) is 13. The summed E-state index contributed by atoms with van der Waals surface area (Å²) >= 11 is 1.51. The lowest BCUT2D eigenvalue weighted by Crippen LogP contribution is -2.60. The van der Waals surface area contributed by atoms with Gasteiger partial charge >= 0.3 is 6.09 Å². The highest BCUT2D eigenvalue weighted by Gasteiger charge is 2.62. The van der Waals surface area contributed by atoms with Gasteiger partial charge in [-0.15, -0.1) is 17.9 Å². The van der Waals surface area contributed by atoms with Crippen LogP contribution in [-0.2, 0) is 29.1 Å². The number of fused-ring (bicyclic) bond motifs is 1. The van der Waals surface area contributed by atoms with E-state index in [9.17, 15) is 27.6 Å². The van der Waals surface area contributed by atoms with E-state index in [4.69, 9.17) is 24.2 Å². The topological polar surface area (TPSA) is 198 Å². The lowest BCUT2D eigenvalue weighted by Gasteiger charge is -2.36. The zero-order valence-corrected chi connectivity index (χ0v) is 37.4. The number of rotatable bonds is 15. The molecule has 3 aliphatic rings. The fraction of sp³-hybridized carbons (Fsp3) is 0.571. The van der Waals surface area contributed by atoms with E-state index in [2.05, 4.69) is 40.7 Å². The minimum atomic E-state index is -3.93. The summed E-state index contributed by atoms with van der Waals surface area (Å²) in [6, 6.07) is 5.03. The number of thiazole rings is 1. The Labute approximate surface area is 355 Å². The van der Waals surface area contributed by atoms with E-state index in [-0.39, 0.29) is 25.3 Å². The molecule has 2 aliphatic carbocycles. The molecule has 0 spiro atoms. The third-order valence-electron chi connectivity index (χ3n) is 10.9. The largest absolute Gasteiger partial charge is 0.497 e. The maximum Gasteiger partial charge on any atom is 0.408 e. The second-order valence-corrected chi connectivity index (χ2v) is 20.5. The second-order valence-electron chi connectivity index (χ2n) is 17.7. The van der Waals surface area contributed by atoms with Gasteiger partial charge in [0.1, 0.15) is 40.8 Å². The number of methoxy groups -OCH3 is 1. The number of benzene rings is 1. The Morgan fingerprint density at radius 1 is 1.07 bits per heavy atom. The number of pyridine rings is 1. The number of carbonyl (C=O) groups excluding carboxylic acids is 4. The number of likely N-dealkylation sites (tertiary alicyclic amines) is 1. The molecule has 0 bridgehead atoms. The van der Waals surface area contributed by atoms with E-state index in [1.165, 1.54) is 22.3 Å². The van der Waals surface area contributed by atoms with Gasteiger partial charge in [-0.2, -0.15) is 0 Å². The minimum absolute atomic E-state index is 0.0237. The fourth-order valence-corrected chi connectivity index (χ4v) is 9.68. The highest BCUT2D eigenvalue weighted by Crippen LogP contribution is 2.46. The number of alkyl carbamates (subject to hydrolysis) is 1. The number of carbonyl (C=O) groups is 4. The van der Waals surface area contributed by atoms with Crippen molar-refractivity contribution >= 4 is 61.1 Å². The van der Waals surface area contributed by atoms with Crippen molar-refractivity contribution in [3.05, 3.63) is 42.3 Å². The van der Waals surface area contributed by atoms with Crippen molar-refractivity contribution < 1.29 is 41.8 Å². The van der Waals surface area contributed by atoms with Crippen molar-refractivity contribution in [2.45, 2.75) is 116 Å². The van der Waals surface area contributed by atoms with Crippen LogP contribution >= 0.6 is 11.3 Å². The molecular formula is C42H57N7O9S2. The number of hydrogen-bond donors (Lipinski definition) is 3. The number of aromatic nitrogens is 2. The molecule has 3 heterocycles. The van der Waals surface area contributed by atoms with Crippen LogP contribution in [0.15, 0.2) is 42.3 Å². The molecule has 2 aromatic heterocycles. The van der Waals surface area contributed by atoms with Crippen LogP contribution in [0.1, 0.15) is 81.1 Å². The molecular weight excluding hydrogens is 811 g/mol. The molecule has 6 rings (SSSR count). The summed E-state index contributed by atoms with van der Waals surface area (Å²) < 4.78 is 45.5. The van der Waals surface area contributed by atoms with Crippen molar-refractivity contribution in [2.24, 2.45) is 11.3 Å². The van der Waals surface area contributed by atoms with E-state index in [0.29, 0.717) is 35.4 Å². The van der Waals surface area contributed by atoms with E-state index in [1.54, 1.807) is 54.7 Å². The van der Waals surface area contributed by atoms with Crippen molar-refractivity contribution in [3.8, 4) is 23.0 Å². The first kappa shape index (κ1) is 44.6. The van der Waals surface area contributed by atoms with E-state index in [1.807, 2.05) is 23.6 Å². The van der Waals surface area contributed by atoms with Gasteiger partial charge in [0.05, 0.1) is 24.6 Å². The molecule has 4 amide bonds. The lowest BCUT2D eigenvalue weighted by molar-refractivity contribution is -0.143. The Morgan fingerprint density at radius 2 is 1.77 bits per heavy atom. The quantitative estimate of drug-likeness (QED) is 0.170. The average molecular weight is 868 g/mol. The summed E-state index contributed by atoms with van der Waals surface area (Å²) in [6.45, 7) is 19.9. The molecule has 0 radical (unpaired) electrons. The van der Waals surface area contributed by atoms with E-state index in [0.717, 1.165) is 23.6 Å². The molecule has 3 aromatic rings. The molecule has 3 fully saturated rings. The zero-order chi connectivity index (χ0) is 43.9. The molecule has 326 valence electrons. The van der Waals surface area contributed by atoms with Crippen molar-refractivity contribution in [2.75, 3.05) is 31.6 Å². The third kappa shape index (κ3) is 9.64. The van der Waals surface area contributed by atoms with Crippen LogP contribution in [0, 0.1) is 11.3 Å². The van der Waals surface area contributed by atoms with Gasteiger partial charge in [0, 0.05) is 36.2 Å². The van der Waals surface area contributed by atoms with Gasteiger partial charge in [-0.25, -0.2) is 23.2 Å². The van der Waals surface area contributed by atoms with E-state index >= 15 is 0 Å². The van der Waals surface area contributed by atoms with Crippen LogP contribution < -0.4 is 29.7 Å². The predicted molar refractivity (Wildman–Crippen MR) is 229 cm³/mol. The van der Waals surface area contributed by atoms with E-state index < -0.39 is 79.7 Å². The molecule has 16 nitrogen and oxygen atoms in total. The van der Waals surface area contributed by atoms with Gasteiger partial charge in [0.25, 0.3) is 5.91 Å². The first-order chi connectivity index (χ1) is 28.1. The van der Waals surface area contributed by atoms with Gasteiger partial charge in [-0.05, 0) is 88.9 Å². The Balaban J connectivity index is 1.35. The molecule has 2 saturated carbocycles. The number of ether oxygens (including phenoxy) is 3. The Kier molecular flexibility index (Phi) is 12.5. The third-order valence-corrected chi connectivity index (χ3v) is 13.7. The second kappa shape index (κ2) is 16.8. The van der Waals surface area contributed by atoms with Crippen LogP contribution in [-0.4, -0.2) is 108 Å². The van der Waals surface area contributed by atoms with Gasteiger partial charge in [-0.3, -0.25) is 19.1 Å². The maximum atomic E-state index is 14.7. The Morgan fingerprint density at radius 3 is 2.35 bits per heavy atom. The lowest BCUT2D eigenvalue weighted by atomic mass is 9.85. The molecule has 18 heteroatoms. The summed E-state index contributed by atoms with van der Waals surface area (Å²) in [5.41, 5.74) is -2.09. The number of nitrogens with zero attached hydrogens (tertiary/aromatic N) is 4. The average Bonchev–Trinajstić information content (AvgIpc) is 4.06. The number of amides is 4. The zero-order valence-electron chi connectivity index (χ0n) is 35.8. The highest BCUT2D eigenvalue weighted by molar-refractivity contribution is 7.91. The Bertz CT molecular complexity index is 2260. The van der Waals surface area contributed by atoms with Crippen LogP contribution in [0.3, 0.4) is 0 Å². The highest BCUT2D eigenvalue weighted by atomic mass is 32.2. The monoisotopic (exact) mass is 867 g/mol. The summed E-state index contributed by atoms with van der Waals surface area (Å²) in [7, 11) is -2.35. The number of nitrogens with one attached hydrogen (secondary N) is 3. The fourth-order valence-electron chi connectivity index (χ4n) is 7.37. The SMILES string of the molecule is C=C[C@@H]1C[C@]1(NC(=O)[C@@H]1C[C@@H](Oc2nc(-c3csc(N(CC)CC)n3)cc3cc(OC)ccc23)CN1C(=O)[C@@H](NC(=O)OC(C)(C)C)C(C)(C)C)C(=O)NS(=O)(=O)C1CC1. The summed E-state index contributed by atoms with van der Waals surface area (Å²) in [5.74, 6) is -1.81. The summed E-state index contributed by atoms with van der Waals surface area (Å²) in [4.78, 5) is 69.3. The smallest absolute Gasteiger partial charge is 0.408 e.